The summed E-state index contributed by atoms with van der Waals surface area (Å²) in [6, 6.07) is 0. The number of rotatable bonds is 1. The molecule has 0 spiro atoms. The summed E-state index contributed by atoms with van der Waals surface area (Å²) < 4.78 is 6.97. The van der Waals surface area contributed by atoms with Crippen molar-refractivity contribution < 1.29 is 0 Å². The van der Waals surface area contributed by atoms with Crippen LogP contribution in [-0.4, -0.2) is 19.1 Å². The van der Waals surface area contributed by atoms with Gasteiger partial charge in [0, 0.05) is 11.5 Å². The van der Waals surface area contributed by atoms with E-state index in [2.05, 4.69) is 30.4 Å². The highest BCUT2D eigenvalue weighted by Crippen LogP contribution is 2.23. The molecule has 2 rings (SSSR count). The molecule has 0 N–H and O–H groups in total. The Bertz CT molecular complexity index is 474. The van der Waals surface area contributed by atoms with Gasteiger partial charge >= 0.3 is 0 Å². The summed E-state index contributed by atoms with van der Waals surface area (Å²) in [5.41, 5.74) is 2.02. The highest BCUT2D eigenvalue weighted by atomic mass is 79.9. The van der Waals surface area contributed by atoms with Crippen LogP contribution >= 0.6 is 27.5 Å². The molecule has 2 aromatic rings. The van der Waals surface area contributed by atoms with E-state index in [0.717, 1.165) is 26.8 Å². The first-order chi connectivity index (χ1) is 6.59. The molecule has 0 radical (unpaired) electrons. The van der Waals surface area contributed by atoms with Gasteiger partial charge in [0.15, 0.2) is 0 Å². The lowest BCUT2D eigenvalue weighted by molar-refractivity contribution is 0.821. The smallest absolute Gasteiger partial charge is 0.208 e. The second kappa shape index (κ2) is 3.43. The Hall–Kier alpha value is -0.750. The van der Waals surface area contributed by atoms with Gasteiger partial charge in [0.25, 0.3) is 0 Å². The molecule has 2 aromatic heterocycles. The van der Waals surface area contributed by atoms with Crippen LogP contribution in [0.3, 0.4) is 0 Å². The highest BCUT2D eigenvalue weighted by molar-refractivity contribution is 9.10. The Morgan fingerprint density at radius 3 is 2.43 bits per heavy atom. The second-order valence-electron chi connectivity index (χ2n) is 3.02. The lowest BCUT2D eigenvalue weighted by atomic mass is 10.4. The standard InChI is InChI=1S/C8H9BrN4S/c1-4-7(9)5(2)13(11-4)8-10-6(3)12-14-8/h1-3H3. The molecule has 0 aromatic carbocycles. The van der Waals surface area contributed by atoms with Crippen molar-refractivity contribution >= 4 is 27.5 Å². The molecule has 14 heavy (non-hydrogen) atoms. The van der Waals surface area contributed by atoms with E-state index in [1.54, 1.807) is 0 Å². The average molecular weight is 273 g/mol. The van der Waals surface area contributed by atoms with Crippen molar-refractivity contribution in [3.8, 4) is 5.13 Å². The zero-order chi connectivity index (χ0) is 10.3. The molecule has 0 fully saturated rings. The maximum Gasteiger partial charge on any atom is 0.230 e. The van der Waals surface area contributed by atoms with E-state index < -0.39 is 0 Å². The predicted octanol–water partition coefficient (Wildman–Crippen LogP) is 2.41. The first-order valence-electron chi connectivity index (χ1n) is 4.12. The molecular weight excluding hydrogens is 264 g/mol. The van der Waals surface area contributed by atoms with E-state index in [-0.39, 0.29) is 0 Å². The molecule has 0 aliphatic rings. The average Bonchev–Trinajstić information content (AvgIpc) is 2.66. The lowest BCUT2D eigenvalue weighted by Crippen LogP contribution is -1.98. The number of nitrogens with zero attached hydrogens (tertiary/aromatic N) is 4. The minimum atomic E-state index is 0.786. The van der Waals surface area contributed by atoms with Gasteiger partial charge in [-0.1, -0.05) is 0 Å². The molecule has 74 valence electrons. The van der Waals surface area contributed by atoms with Crippen molar-refractivity contribution in [2.75, 3.05) is 0 Å². The van der Waals surface area contributed by atoms with Crippen molar-refractivity contribution in [1.82, 2.24) is 19.1 Å². The topological polar surface area (TPSA) is 43.6 Å². The number of aryl methyl sites for hydroxylation is 2. The second-order valence-corrected chi connectivity index (χ2v) is 4.54. The third-order valence-electron chi connectivity index (χ3n) is 1.90. The fourth-order valence-corrected chi connectivity index (χ4v) is 2.11. The van der Waals surface area contributed by atoms with E-state index in [9.17, 15) is 0 Å². The number of aromatic nitrogens is 4. The van der Waals surface area contributed by atoms with Crippen molar-refractivity contribution in [3.63, 3.8) is 0 Å². The summed E-state index contributed by atoms with van der Waals surface area (Å²) in [7, 11) is 0. The molecule has 0 aliphatic carbocycles. The minimum absolute atomic E-state index is 0.786. The molecule has 0 atom stereocenters. The Morgan fingerprint density at radius 2 is 2.00 bits per heavy atom. The zero-order valence-corrected chi connectivity index (χ0v) is 10.5. The van der Waals surface area contributed by atoms with Gasteiger partial charge in [-0.15, -0.1) is 0 Å². The van der Waals surface area contributed by atoms with Crippen LogP contribution < -0.4 is 0 Å². The molecule has 6 heteroatoms. The van der Waals surface area contributed by atoms with Crippen LogP contribution in [0.15, 0.2) is 4.47 Å². The molecule has 0 saturated heterocycles. The van der Waals surface area contributed by atoms with E-state index in [1.807, 2.05) is 25.5 Å². The molecule has 4 nitrogen and oxygen atoms in total. The molecule has 2 heterocycles. The largest absolute Gasteiger partial charge is 0.230 e. The van der Waals surface area contributed by atoms with Crippen LogP contribution in [0.25, 0.3) is 5.13 Å². The highest BCUT2D eigenvalue weighted by Gasteiger charge is 2.12. The zero-order valence-electron chi connectivity index (χ0n) is 8.08. The summed E-state index contributed by atoms with van der Waals surface area (Å²) in [6.07, 6.45) is 0. The van der Waals surface area contributed by atoms with Crippen molar-refractivity contribution in [1.29, 1.82) is 0 Å². The fourth-order valence-electron chi connectivity index (χ4n) is 1.18. The van der Waals surface area contributed by atoms with Crippen LogP contribution in [0.5, 0.6) is 0 Å². The third-order valence-corrected chi connectivity index (χ3v) is 3.83. The maximum atomic E-state index is 4.37. The Morgan fingerprint density at radius 1 is 1.29 bits per heavy atom. The van der Waals surface area contributed by atoms with Crippen LogP contribution in [0.1, 0.15) is 17.2 Å². The van der Waals surface area contributed by atoms with Gasteiger partial charge in [-0.25, -0.2) is 9.67 Å². The molecule has 0 bridgehead atoms. The van der Waals surface area contributed by atoms with E-state index in [1.165, 1.54) is 11.5 Å². The monoisotopic (exact) mass is 272 g/mol. The van der Waals surface area contributed by atoms with Crippen molar-refractivity contribution in [3.05, 3.63) is 21.7 Å². The number of hydrogen-bond acceptors (Lipinski definition) is 4. The molecule has 0 aliphatic heterocycles. The SMILES string of the molecule is Cc1nsc(-n2nc(C)c(Br)c2C)n1. The van der Waals surface area contributed by atoms with Crippen LogP contribution in [0.2, 0.25) is 0 Å². The van der Waals surface area contributed by atoms with E-state index >= 15 is 0 Å². The normalized spacial score (nSPS) is 10.9. The van der Waals surface area contributed by atoms with Crippen molar-refractivity contribution in [2.24, 2.45) is 0 Å². The first-order valence-corrected chi connectivity index (χ1v) is 5.68. The Balaban J connectivity index is 2.57. The third kappa shape index (κ3) is 1.48. The number of halogens is 1. The Kier molecular flexibility index (Phi) is 2.40. The van der Waals surface area contributed by atoms with Gasteiger partial charge in [0.2, 0.25) is 5.13 Å². The predicted molar refractivity (Wildman–Crippen MR) is 58.9 cm³/mol. The summed E-state index contributed by atoms with van der Waals surface area (Å²) in [6.45, 7) is 5.84. The maximum absolute atomic E-state index is 4.37. The summed E-state index contributed by atoms with van der Waals surface area (Å²) >= 11 is 4.83. The van der Waals surface area contributed by atoms with Crippen LogP contribution in [0.4, 0.5) is 0 Å². The van der Waals surface area contributed by atoms with Crippen molar-refractivity contribution in [2.45, 2.75) is 20.8 Å². The summed E-state index contributed by atoms with van der Waals surface area (Å²) in [5, 5.41) is 5.18. The molecule has 0 amide bonds. The number of hydrogen-bond donors (Lipinski definition) is 0. The Labute approximate surface area is 94.3 Å². The van der Waals surface area contributed by atoms with Gasteiger partial charge in [-0.05, 0) is 36.7 Å². The van der Waals surface area contributed by atoms with Gasteiger partial charge in [-0.3, -0.25) is 0 Å². The molecular formula is C8H9BrN4S. The van der Waals surface area contributed by atoms with Crippen LogP contribution in [0, 0.1) is 20.8 Å². The molecule has 0 unspecified atom stereocenters. The first kappa shape index (κ1) is 9.79. The van der Waals surface area contributed by atoms with Gasteiger partial charge in [0.1, 0.15) is 5.82 Å². The summed E-state index contributed by atoms with van der Waals surface area (Å²) in [5.74, 6) is 0.786. The van der Waals surface area contributed by atoms with Crippen LogP contribution in [-0.2, 0) is 0 Å². The van der Waals surface area contributed by atoms with Gasteiger partial charge in [-0.2, -0.15) is 9.47 Å². The lowest BCUT2D eigenvalue weighted by Gasteiger charge is -1.96. The van der Waals surface area contributed by atoms with Gasteiger partial charge < -0.3 is 0 Å². The van der Waals surface area contributed by atoms with E-state index in [0.29, 0.717) is 0 Å². The van der Waals surface area contributed by atoms with E-state index in [4.69, 9.17) is 0 Å². The quantitative estimate of drug-likeness (QED) is 0.801. The fraction of sp³-hybridized carbons (Fsp3) is 0.375. The minimum Gasteiger partial charge on any atom is -0.208 e. The summed E-state index contributed by atoms with van der Waals surface area (Å²) in [4.78, 5) is 4.28. The molecule has 0 saturated carbocycles. The van der Waals surface area contributed by atoms with Gasteiger partial charge in [0.05, 0.1) is 15.9 Å².